The zero-order valence-corrected chi connectivity index (χ0v) is 17.0. The number of hydrogen-bond acceptors (Lipinski definition) is 3. The van der Waals surface area contributed by atoms with Crippen LogP contribution in [0.15, 0.2) is 48.0 Å². The summed E-state index contributed by atoms with van der Waals surface area (Å²) in [7, 11) is 4.12. The highest BCUT2D eigenvalue weighted by molar-refractivity contribution is 5.80. The number of benzene rings is 1. The van der Waals surface area contributed by atoms with Gasteiger partial charge in [0.2, 0.25) is 0 Å². The van der Waals surface area contributed by atoms with Crippen molar-refractivity contribution in [1.82, 2.24) is 19.8 Å². The molecule has 27 heavy (non-hydrogen) atoms. The van der Waals surface area contributed by atoms with Gasteiger partial charge in [-0.15, -0.1) is 0 Å². The Morgan fingerprint density at radius 2 is 2.07 bits per heavy atom. The van der Waals surface area contributed by atoms with Crippen LogP contribution < -0.4 is 10.2 Å². The van der Waals surface area contributed by atoms with Crippen LogP contribution in [0.3, 0.4) is 0 Å². The molecule has 1 N–H and O–H groups in total. The van der Waals surface area contributed by atoms with Gasteiger partial charge in [0.25, 0.3) is 0 Å². The number of aromatic nitrogens is 2. The summed E-state index contributed by atoms with van der Waals surface area (Å²) in [5.74, 6) is 1.64. The van der Waals surface area contributed by atoms with Gasteiger partial charge in [0, 0.05) is 51.8 Å². The second-order valence-electron chi connectivity index (χ2n) is 7.52. The molecule has 0 bridgehead atoms. The molecule has 0 amide bonds. The minimum atomic E-state index is 0.435. The lowest BCUT2D eigenvalue weighted by Crippen LogP contribution is -2.49. The zero-order chi connectivity index (χ0) is 19.2. The SMILES string of the molecule is CCNC(=NCc1ccc(N(C)C)cc1)N1CCC(C)C(n2ccnc2)C1. The van der Waals surface area contributed by atoms with Crippen molar-refractivity contribution in [3.05, 3.63) is 48.5 Å². The highest BCUT2D eigenvalue weighted by atomic mass is 15.3. The van der Waals surface area contributed by atoms with E-state index >= 15 is 0 Å². The molecule has 1 fully saturated rings. The quantitative estimate of drug-likeness (QED) is 0.651. The predicted molar refractivity (Wildman–Crippen MR) is 112 cm³/mol. The van der Waals surface area contributed by atoms with Crippen molar-refractivity contribution in [2.75, 3.05) is 38.6 Å². The lowest BCUT2D eigenvalue weighted by atomic mass is 9.93. The molecule has 1 aromatic carbocycles. The molecule has 6 nitrogen and oxygen atoms in total. The van der Waals surface area contributed by atoms with E-state index in [-0.39, 0.29) is 0 Å². The molecule has 2 heterocycles. The second kappa shape index (κ2) is 8.93. The Morgan fingerprint density at radius 1 is 1.30 bits per heavy atom. The summed E-state index contributed by atoms with van der Waals surface area (Å²) in [6.07, 6.45) is 7.02. The van der Waals surface area contributed by atoms with Crippen LogP contribution in [0.5, 0.6) is 0 Å². The van der Waals surface area contributed by atoms with Crippen molar-refractivity contribution in [2.45, 2.75) is 32.9 Å². The van der Waals surface area contributed by atoms with E-state index in [4.69, 9.17) is 4.99 Å². The van der Waals surface area contributed by atoms with Crippen molar-refractivity contribution in [2.24, 2.45) is 10.9 Å². The summed E-state index contributed by atoms with van der Waals surface area (Å²) >= 11 is 0. The van der Waals surface area contributed by atoms with Crippen LogP contribution in [0.25, 0.3) is 0 Å². The number of imidazole rings is 1. The molecule has 1 aliphatic rings. The van der Waals surface area contributed by atoms with E-state index in [1.807, 2.05) is 12.5 Å². The molecule has 146 valence electrons. The molecule has 1 aliphatic heterocycles. The maximum atomic E-state index is 4.92. The highest BCUT2D eigenvalue weighted by Gasteiger charge is 2.28. The summed E-state index contributed by atoms with van der Waals surface area (Å²) in [5.41, 5.74) is 2.44. The normalized spacial score (nSPS) is 20.6. The van der Waals surface area contributed by atoms with E-state index < -0.39 is 0 Å². The molecule has 3 rings (SSSR count). The smallest absolute Gasteiger partial charge is 0.194 e. The Hall–Kier alpha value is -2.50. The van der Waals surface area contributed by atoms with Crippen LogP contribution in [0.1, 0.15) is 31.9 Å². The molecule has 0 radical (unpaired) electrons. The van der Waals surface area contributed by atoms with Gasteiger partial charge in [-0.05, 0) is 37.0 Å². The maximum absolute atomic E-state index is 4.92. The summed E-state index contributed by atoms with van der Waals surface area (Å²) in [5, 5.41) is 3.48. The van der Waals surface area contributed by atoms with Gasteiger partial charge in [0.1, 0.15) is 0 Å². The van der Waals surface area contributed by atoms with E-state index in [1.54, 1.807) is 0 Å². The Bertz CT molecular complexity index is 720. The Morgan fingerprint density at radius 3 is 2.70 bits per heavy atom. The number of piperidine rings is 1. The maximum Gasteiger partial charge on any atom is 0.194 e. The van der Waals surface area contributed by atoms with Crippen LogP contribution in [0, 0.1) is 5.92 Å². The lowest BCUT2D eigenvalue weighted by Gasteiger charge is -2.39. The molecule has 6 heteroatoms. The first-order valence-corrected chi connectivity index (χ1v) is 9.85. The first-order valence-electron chi connectivity index (χ1n) is 9.85. The topological polar surface area (TPSA) is 48.7 Å². The molecule has 0 aliphatic carbocycles. The molecular weight excluding hydrogens is 336 g/mol. The van der Waals surface area contributed by atoms with Crippen LogP contribution in [-0.2, 0) is 6.54 Å². The Balaban J connectivity index is 1.71. The standard InChI is InChI=1S/C21H32N6/c1-5-23-21(24-14-18-6-8-19(9-7-18)25(3)4)26-12-10-17(2)20(15-26)27-13-11-22-16-27/h6-9,11,13,16-17,20H,5,10,12,14-15H2,1-4H3,(H,23,24). The van der Waals surface area contributed by atoms with Gasteiger partial charge in [0.05, 0.1) is 18.9 Å². The third kappa shape index (κ3) is 4.81. The fourth-order valence-corrected chi connectivity index (χ4v) is 3.59. The molecule has 0 spiro atoms. The first-order chi connectivity index (χ1) is 13.1. The molecular formula is C21H32N6. The molecule has 1 saturated heterocycles. The van der Waals surface area contributed by atoms with E-state index in [9.17, 15) is 0 Å². The summed E-state index contributed by atoms with van der Waals surface area (Å²) < 4.78 is 2.24. The van der Waals surface area contributed by atoms with Crippen molar-refractivity contribution >= 4 is 11.6 Å². The third-order valence-electron chi connectivity index (χ3n) is 5.33. The van der Waals surface area contributed by atoms with E-state index in [0.717, 1.165) is 32.0 Å². The number of nitrogens with zero attached hydrogens (tertiary/aromatic N) is 5. The molecule has 2 aromatic rings. The van der Waals surface area contributed by atoms with Crippen LogP contribution in [0.4, 0.5) is 5.69 Å². The van der Waals surface area contributed by atoms with Gasteiger partial charge in [0.15, 0.2) is 5.96 Å². The van der Waals surface area contributed by atoms with Gasteiger partial charge >= 0.3 is 0 Å². The summed E-state index contributed by atoms with van der Waals surface area (Å²) in [4.78, 5) is 13.6. The monoisotopic (exact) mass is 368 g/mol. The summed E-state index contributed by atoms with van der Waals surface area (Å²) in [6, 6.07) is 9.05. The number of anilines is 1. The van der Waals surface area contributed by atoms with E-state index in [0.29, 0.717) is 18.5 Å². The first kappa shape index (κ1) is 19.3. The highest BCUT2D eigenvalue weighted by Crippen LogP contribution is 2.27. The largest absolute Gasteiger partial charge is 0.378 e. The molecule has 2 atom stereocenters. The third-order valence-corrected chi connectivity index (χ3v) is 5.33. The average molecular weight is 369 g/mol. The van der Waals surface area contributed by atoms with Crippen molar-refractivity contribution in [3.8, 4) is 0 Å². The van der Waals surface area contributed by atoms with Crippen LogP contribution >= 0.6 is 0 Å². The average Bonchev–Trinajstić information content (AvgIpc) is 3.20. The van der Waals surface area contributed by atoms with Gasteiger partial charge in [-0.1, -0.05) is 19.1 Å². The Kier molecular flexibility index (Phi) is 6.37. The van der Waals surface area contributed by atoms with Gasteiger partial charge in [-0.2, -0.15) is 0 Å². The van der Waals surface area contributed by atoms with Crippen molar-refractivity contribution < 1.29 is 0 Å². The van der Waals surface area contributed by atoms with Gasteiger partial charge in [-0.3, -0.25) is 0 Å². The van der Waals surface area contributed by atoms with Crippen molar-refractivity contribution in [3.63, 3.8) is 0 Å². The minimum absolute atomic E-state index is 0.435. The number of nitrogens with one attached hydrogen (secondary N) is 1. The van der Waals surface area contributed by atoms with E-state index in [1.165, 1.54) is 11.3 Å². The molecule has 1 aromatic heterocycles. The van der Waals surface area contributed by atoms with Gasteiger partial charge < -0.3 is 19.7 Å². The fourth-order valence-electron chi connectivity index (χ4n) is 3.59. The van der Waals surface area contributed by atoms with Gasteiger partial charge in [-0.25, -0.2) is 9.98 Å². The predicted octanol–water partition coefficient (Wildman–Crippen LogP) is 3.00. The number of hydrogen-bond donors (Lipinski definition) is 1. The number of aliphatic imine (C=N–C) groups is 1. The van der Waals surface area contributed by atoms with Crippen LogP contribution in [0.2, 0.25) is 0 Å². The van der Waals surface area contributed by atoms with Crippen molar-refractivity contribution in [1.29, 1.82) is 0 Å². The Labute approximate surface area is 162 Å². The second-order valence-corrected chi connectivity index (χ2v) is 7.52. The number of guanidine groups is 1. The molecule has 0 saturated carbocycles. The fraction of sp³-hybridized carbons (Fsp3) is 0.524. The zero-order valence-electron chi connectivity index (χ0n) is 17.0. The lowest BCUT2D eigenvalue weighted by molar-refractivity contribution is 0.189. The van der Waals surface area contributed by atoms with E-state index in [2.05, 4.69) is 83.1 Å². The summed E-state index contributed by atoms with van der Waals surface area (Å²) in [6.45, 7) is 8.03. The number of likely N-dealkylation sites (tertiary alicyclic amines) is 1. The van der Waals surface area contributed by atoms with Crippen LogP contribution in [-0.4, -0.2) is 54.1 Å². The minimum Gasteiger partial charge on any atom is -0.378 e. The molecule has 2 unspecified atom stereocenters. The number of rotatable bonds is 5.